The third-order valence-corrected chi connectivity index (χ3v) is 2.39. The SMILES string of the molecule is CC(CCC(=O)O)CNC(=O)NCC(=O)NC(C)(C)C. The van der Waals surface area contributed by atoms with Crippen molar-refractivity contribution in [2.24, 2.45) is 5.92 Å². The normalized spacial score (nSPS) is 12.4. The lowest BCUT2D eigenvalue weighted by Crippen LogP contribution is -2.48. The standard InChI is InChI=1S/C13H25N3O4/c1-9(5-6-11(18)19)7-14-12(20)15-8-10(17)16-13(2,3)4/h9H,5-8H2,1-4H3,(H,16,17)(H,18,19)(H2,14,15,20). The molecule has 0 bridgehead atoms. The Morgan fingerprint density at radius 2 is 1.75 bits per heavy atom. The number of carbonyl (C=O) groups is 3. The molecule has 7 heteroatoms. The summed E-state index contributed by atoms with van der Waals surface area (Å²) in [5, 5.41) is 16.3. The molecule has 0 fully saturated rings. The zero-order chi connectivity index (χ0) is 15.8. The number of carboxylic acid groups (broad SMARTS) is 1. The van der Waals surface area contributed by atoms with E-state index in [1.165, 1.54) is 0 Å². The molecule has 0 aromatic heterocycles. The molecule has 0 heterocycles. The van der Waals surface area contributed by atoms with Crippen molar-refractivity contribution < 1.29 is 19.5 Å². The van der Waals surface area contributed by atoms with Crippen molar-refractivity contribution in [3.63, 3.8) is 0 Å². The van der Waals surface area contributed by atoms with Crippen molar-refractivity contribution in [3.8, 4) is 0 Å². The highest BCUT2D eigenvalue weighted by atomic mass is 16.4. The van der Waals surface area contributed by atoms with Crippen LogP contribution in [0.4, 0.5) is 4.79 Å². The van der Waals surface area contributed by atoms with Crippen LogP contribution in [0.25, 0.3) is 0 Å². The summed E-state index contributed by atoms with van der Waals surface area (Å²) in [6, 6.07) is -0.434. The molecular weight excluding hydrogens is 262 g/mol. The van der Waals surface area contributed by atoms with Gasteiger partial charge in [0.05, 0.1) is 6.54 Å². The summed E-state index contributed by atoms with van der Waals surface area (Å²) < 4.78 is 0. The second kappa shape index (κ2) is 8.39. The fraction of sp³-hybridized carbons (Fsp3) is 0.769. The highest BCUT2D eigenvalue weighted by Crippen LogP contribution is 2.03. The molecule has 0 aromatic carbocycles. The van der Waals surface area contributed by atoms with E-state index in [1.54, 1.807) is 0 Å². The van der Waals surface area contributed by atoms with Gasteiger partial charge in [-0.3, -0.25) is 9.59 Å². The van der Waals surface area contributed by atoms with Gasteiger partial charge in [0.25, 0.3) is 0 Å². The molecule has 0 aliphatic rings. The van der Waals surface area contributed by atoms with Crippen molar-refractivity contribution in [2.75, 3.05) is 13.1 Å². The van der Waals surface area contributed by atoms with E-state index < -0.39 is 12.0 Å². The maximum absolute atomic E-state index is 11.5. The molecule has 7 nitrogen and oxygen atoms in total. The van der Waals surface area contributed by atoms with E-state index in [0.717, 1.165) is 0 Å². The molecule has 3 amide bonds. The fourth-order valence-electron chi connectivity index (χ4n) is 1.42. The number of aliphatic carboxylic acids is 1. The minimum atomic E-state index is -0.847. The quantitative estimate of drug-likeness (QED) is 0.553. The van der Waals surface area contributed by atoms with Crippen LogP contribution in [0.15, 0.2) is 0 Å². The molecule has 4 N–H and O–H groups in total. The molecule has 0 saturated heterocycles. The van der Waals surface area contributed by atoms with Crippen LogP contribution in [0, 0.1) is 5.92 Å². The van der Waals surface area contributed by atoms with Gasteiger partial charge in [0.15, 0.2) is 0 Å². The Morgan fingerprint density at radius 1 is 1.15 bits per heavy atom. The van der Waals surface area contributed by atoms with Gasteiger partial charge in [0.2, 0.25) is 5.91 Å². The zero-order valence-electron chi connectivity index (χ0n) is 12.6. The topological polar surface area (TPSA) is 108 Å². The van der Waals surface area contributed by atoms with E-state index in [1.807, 2.05) is 27.7 Å². The summed E-state index contributed by atoms with van der Waals surface area (Å²) in [5.74, 6) is -1.04. The molecule has 1 atom stereocenters. The summed E-state index contributed by atoms with van der Waals surface area (Å²) in [4.78, 5) is 33.3. The van der Waals surface area contributed by atoms with Gasteiger partial charge in [0, 0.05) is 18.5 Å². The first kappa shape index (κ1) is 18.2. The molecule has 116 valence electrons. The fourth-order valence-corrected chi connectivity index (χ4v) is 1.42. The van der Waals surface area contributed by atoms with Crippen LogP contribution in [0.1, 0.15) is 40.5 Å². The smallest absolute Gasteiger partial charge is 0.315 e. The van der Waals surface area contributed by atoms with E-state index in [4.69, 9.17) is 5.11 Å². The van der Waals surface area contributed by atoms with Crippen LogP contribution in [0.5, 0.6) is 0 Å². The molecule has 20 heavy (non-hydrogen) atoms. The van der Waals surface area contributed by atoms with Crippen LogP contribution in [0.2, 0.25) is 0 Å². The predicted molar refractivity (Wildman–Crippen MR) is 75.3 cm³/mol. The summed E-state index contributed by atoms with van der Waals surface area (Å²) in [7, 11) is 0. The van der Waals surface area contributed by atoms with E-state index in [-0.39, 0.29) is 30.3 Å². The lowest BCUT2D eigenvalue weighted by molar-refractivity contribution is -0.137. The lowest BCUT2D eigenvalue weighted by Gasteiger charge is -2.20. The number of carbonyl (C=O) groups excluding carboxylic acids is 2. The molecule has 0 radical (unpaired) electrons. The summed E-state index contributed by atoms with van der Waals surface area (Å²) in [6.07, 6.45) is 0.582. The highest BCUT2D eigenvalue weighted by molar-refractivity contribution is 5.84. The molecule has 0 rings (SSSR count). The molecule has 0 saturated carbocycles. The van der Waals surface area contributed by atoms with E-state index >= 15 is 0 Å². The van der Waals surface area contributed by atoms with Crippen molar-refractivity contribution in [2.45, 2.75) is 46.1 Å². The first-order valence-corrected chi connectivity index (χ1v) is 6.64. The van der Waals surface area contributed by atoms with Crippen molar-refractivity contribution >= 4 is 17.9 Å². The Hall–Kier alpha value is -1.79. The van der Waals surface area contributed by atoms with Crippen LogP contribution in [0.3, 0.4) is 0 Å². The molecule has 0 aromatic rings. The Morgan fingerprint density at radius 3 is 2.25 bits per heavy atom. The number of hydrogen-bond donors (Lipinski definition) is 4. The van der Waals surface area contributed by atoms with E-state index in [9.17, 15) is 14.4 Å². The van der Waals surface area contributed by atoms with Crippen LogP contribution >= 0.6 is 0 Å². The molecule has 0 aliphatic heterocycles. The maximum Gasteiger partial charge on any atom is 0.315 e. The Labute approximate surface area is 119 Å². The minimum absolute atomic E-state index is 0.0697. The molecule has 0 aliphatic carbocycles. The lowest BCUT2D eigenvalue weighted by atomic mass is 10.1. The summed E-state index contributed by atoms with van der Waals surface area (Å²) >= 11 is 0. The number of urea groups is 1. The van der Waals surface area contributed by atoms with E-state index in [2.05, 4.69) is 16.0 Å². The van der Waals surface area contributed by atoms with Gasteiger partial charge in [-0.15, -0.1) is 0 Å². The first-order chi connectivity index (χ1) is 9.10. The maximum atomic E-state index is 11.5. The number of amides is 3. The highest BCUT2D eigenvalue weighted by Gasteiger charge is 2.14. The third kappa shape index (κ3) is 11.3. The first-order valence-electron chi connectivity index (χ1n) is 6.64. The monoisotopic (exact) mass is 287 g/mol. The van der Waals surface area contributed by atoms with Crippen LogP contribution in [-0.2, 0) is 9.59 Å². The van der Waals surface area contributed by atoms with Crippen molar-refractivity contribution in [1.82, 2.24) is 16.0 Å². The number of hydrogen-bond acceptors (Lipinski definition) is 3. The van der Waals surface area contributed by atoms with Crippen LogP contribution < -0.4 is 16.0 Å². The Balaban J connectivity index is 3.78. The largest absolute Gasteiger partial charge is 0.481 e. The number of rotatable bonds is 7. The molecular formula is C13H25N3O4. The van der Waals surface area contributed by atoms with Gasteiger partial charge in [-0.2, -0.15) is 0 Å². The van der Waals surface area contributed by atoms with Gasteiger partial charge in [-0.1, -0.05) is 6.92 Å². The number of carboxylic acids is 1. The average Bonchev–Trinajstić information content (AvgIpc) is 2.29. The predicted octanol–water partition coefficient (Wildman–Crippen LogP) is 0.701. The van der Waals surface area contributed by atoms with Gasteiger partial charge < -0.3 is 21.1 Å². The Kier molecular flexibility index (Phi) is 7.64. The average molecular weight is 287 g/mol. The Bertz CT molecular complexity index is 350. The zero-order valence-corrected chi connectivity index (χ0v) is 12.6. The van der Waals surface area contributed by atoms with Crippen molar-refractivity contribution in [3.05, 3.63) is 0 Å². The second-order valence-electron chi connectivity index (χ2n) is 5.90. The third-order valence-electron chi connectivity index (χ3n) is 2.39. The van der Waals surface area contributed by atoms with Gasteiger partial charge in [-0.05, 0) is 33.1 Å². The molecule has 1 unspecified atom stereocenters. The summed E-state index contributed by atoms with van der Waals surface area (Å²) in [6.45, 7) is 7.71. The van der Waals surface area contributed by atoms with Crippen molar-refractivity contribution in [1.29, 1.82) is 0 Å². The molecule has 0 spiro atoms. The minimum Gasteiger partial charge on any atom is -0.481 e. The van der Waals surface area contributed by atoms with E-state index in [0.29, 0.717) is 13.0 Å². The van der Waals surface area contributed by atoms with Gasteiger partial charge in [0.1, 0.15) is 0 Å². The van der Waals surface area contributed by atoms with Gasteiger partial charge in [-0.25, -0.2) is 4.79 Å². The summed E-state index contributed by atoms with van der Waals surface area (Å²) in [5.41, 5.74) is -0.333. The number of nitrogens with one attached hydrogen (secondary N) is 3. The second-order valence-corrected chi connectivity index (χ2v) is 5.90. The van der Waals surface area contributed by atoms with Gasteiger partial charge >= 0.3 is 12.0 Å². The van der Waals surface area contributed by atoms with Crippen LogP contribution in [-0.4, -0.2) is 41.6 Å².